The molecule has 1 N–H and O–H groups in total. The van der Waals surface area contributed by atoms with Crippen molar-refractivity contribution in [3.8, 4) is 0 Å². The number of aliphatic hydroxyl groups is 1. The monoisotopic (exact) mass is 462 g/mol. The Kier molecular flexibility index (Phi) is 8.80. The molecule has 3 aromatic rings. The first-order valence-corrected chi connectivity index (χ1v) is 15.2. The minimum absolute atomic E-state index is 0.630. The maximum atomic E-state index is 13.8. The highest BCUT2D eigenvalue weighted by atomic mass is 32.2. The van der Waals surface area contributed by atoms with Crippen molar-refractivity contribution < 1.29 is 9.32 Å². The van der Waals surface area contributed by atoms with E-state index in [2.05, 4.69) is 67.7 Å². The summed E-state index contributed by atoms with van der Waals surface area (Å²) in [5.41, 5.74) is 3.32. The number of rotatable bonds is 10. The molecule has 2 atom stereocenters. The molecular formula is C28H34O2SSi. The lowest BCUT2D eigenvalue weighted by atomic mass is 10.1. The van der Waals surface area contributed by atoms with Gasteiger partial charge in [-0.15, -0.1) is 0 Å². The molecule has 0 aliphatic heterocycles. The van der Waals surface area contributed by atoms with Crippen molar-refractivity contribution in [3.63, 3.8) is 0 Å². The van der Waals surface area contributed by atoms with E-state index in [0.717, 1.165) is 29.7 Å². The molecule has 3 aromatic carbocycles. The second kappa shape index (κ2) is 11.6. The van der Waals surface area contributed by atoms with Crippen molar-refractivity contribution in [3.05, 3.63) is 101 Å². The Morgan fingerprint density at radius 3 is 1.94 bits per heavy atom. The molecule has 1 unspecified atom stereocenters. The Bertz CT molecular complexity index is 991. The Morgan fingerprint density at radius 2 is 1.44 bits per heavy atom. The normalized spacial score (nSPS) is 14.2. The maximum Gasteiger partial charge on any atom is 0.139 e. The van der Waals surface area contributed by atoms with Gasteiger partial charge in [-0.05, 0) is 25.5 Å². The highest BCUT2D eigenvalue weighted by Crippen LogP contribution is 2.24. The third kappa shape index (κ3) is 5.94. The number of aliphatic hydroxyl groups excluding tert-OH is 1. The van der Waals surface area contributed by atoms with E-state index in [1.165, 1.54) is 10.4 Å². The molecule has 0 saturated carbocycles. The Balaban J connectivity index is 2.13. The topological polar surface area (TPSA) is 37.3 Å². The first-order valence-electron chi connectivity index (χ1n) is 11.5. The lowest BCUT2D eigenvalue weighted by Crippen LogP contribution is -2.55. The van der Waals surface area contributed by atoms with Gasteiger partial charge in [-0.2, -0.15) is 0 Å². The summed E-state index contributed by atoms with van der Waals surface area (Å²) in [6.07, 6.45) is 2.99. The molecule has 0 aliphatic rings. The van der Waals surface area contributed by atoms with Crippen LogP contribution in [0.25, 0.3) is 0 Å². The fraction of sp³-hybridized carbons (Fsp3) is 0.286. The van der Waals surface area contributed by atoms with Crippen LogP contribution in [0.15, 0.2) is 100 Å². The van der Waals surface area contributed by atoms with Gasteiger partial charge in [-0.3, -0.25) is 0 Å². The SMILES string of the molecule is CCCCC[C@H](O)/C(=C\[Si](C)(c1ccccc1)c1ccccc1)S(=O)c1ccc(C)cc1. The predicted octanol–water partition coefficient (Wildman–Crippen LogP) is 5.36. The van der Waals surface area contributed by atoms with Crippen LogP contribution in [0.3, 0.4) is 0 Å². The van der Waals surface area contributed by atoms with Crippen LogP contribution in [0.2, 0.25) is 6.55 Å². The molecule has 0 bridgehead atoms. The van der Waals surface area contributed by atoms with Crippen molar-refractivity contribution in [1.29, 1.82) is 0 Å². The van der Waals surface area contributed by atoms with Crippen LogP contribution in [0.4, 0.5) is 0 Å². The minimum Gasteiger partial charge on any atom is -0.388 e. The molecule has 2 nitrogen and oxygen atoms in total. The molecule has 3 rings (SSSR count). The third-order valence-electron chi connectivity index (χ3n) is 6.04. The summed E-state index contributed by atoms with van der Waals surface area (Å²) in [6.45, 7) is 6.46. The van der Waals surface area contributed by atoms with Crippen LogP contribution in [0, 0.1) is 6.92 Å². The quantitative estimate of drug-likeness (QED) is 0.325. The number of benzene rings is 3. The summed E-state index contributed by atoms with van der Waals surface area (Å²) in [7, 11) is -3.81. The van der Waals surface area contributed by atoms with Gasteiger partial charge < -0.3 is 5.11 Å². The Hall–Kier alpha value is -2.27. The molecular weight excluding hydrogens is 428 g/mol. The van der Waals surface area contributed by atoms with E-state index in [9.17, 15) is 9.32 Å². The summed E-state index contributed by atoms with van der Waals surface area (Å²) in [5.74, 6) is 0. The molecule has 0 amide bonds. The van der Waals surface area contributed by atoms with Crippen LogP contribution < -0.4 is 10.4 Å². The molecule has 0 aromatic heterocycles. The summed E-state index contributed by atoms with van der Waals surface area (Å²) in [4.78, 5) is 1.39. The number of hydrogen-bond acceptors (Lipinski definition) is 2. The predicted molar refractivity (Wildman–Crippen MR) is 140 cm³/mol. The molecule has 168 valence electrons. The zero-order chi connectivity index (χ0) is 23.0. The van der Waals surface area contributed by atoms with Crippen LogP contribution in [0.5, 0.6) is 0 Å². The summed E-state index contributed by atoms with van der Waals surface area (Å²) in [6, 6.07) is 28.7. The van der Waals surface area contributed by atoms with Gasteiger partial charge in [0.2, 0.25) is 0 Å². The number of aryl methyl sites for hydroxylation is 1. The van der Waals surface area contributed by atoms with E-state index in [1.807, 2.05) is 43.3 Å². The van der Waals surface area contributed by atoms with Crippen LogP contribution >= 0.6 is 0 Å². The van der Waals surface area contributed by atoms with E-state index in [0.29, 0.717) is 11.3 Å². The smallest absolute Gasteiger partial charge is 0.139 e. The fourth-order valence-electron chi connectivity index (χ4n) is 3.99. The van der Waals surface area contributed by atoms with E-state index >= 15 is 0 Å². The van der Waals surface area contributed by atoms with Crippen molar-refractivity contribution in [2.75, 3.05) is 0 Å². The zero-order valence-corrected chi connectivity index (χ0v) is 21.1. The second-order valence-electron chi connectivity index (χ2n) is 8.57. The third-order valence-corrected chi connectivity index (χ3v) is 11.7. The van der Waals surface area contributed by atoms with Crippen molar-refractivity contribution >= 4 is 29.2 Å². The van der Waals surface area contributed by atoms with Gasteiger partial charge in [0.25, 0.3) is 0 Å². The second-order valence-corrected chi connectivity index (χ2v) is 13.9. The van der Waals surface area contributed by atoms with Crippen LogP contribution in [-0.4, -0.2) is 23.5 Å². The van der Waals surface area contributed by atoms with Crippen molar-refractivity contribution in [2.45, 2.75) is 57.1 Å². The molecule has 32 heavy (non-hydrogen) atoms. The molecule has 0 aliphatic carbocycles. The van der Waals surface area contributed by atoms with Crippen molar-refractivity contribution in [1.82, 2.24) is 0 Å². The first kappa shape index (κ1) is 24.4. The zero-order valence-electron chi connectivity index (χ0n) is 19.3. The van der Waals surface area contributed by atoms with E-state index in [4.69, 9.17) is 0 Å². The van der Waals surface area contributed by atoms with Crippen LogP contribution in [0.1, 0.15) is 38.2 Å². The van der Waals surface area contributed by atoms with Crippen molar-refractivity contribution in [2.24, 2.45) is 0 Å². The lowest BCUT2D eigenvalue weighted by Gasteiger charge is -2.28. The molecule has 0 saturated heterocycles. The van der Waals surface area contributed by atoms with Crippen LogP contribution in [-0.2, 0) is 10.8 Å². The maximum absolute atomic E-state index is 13.8. The lowest BCUT2D eigenvalue weighted by molar-refractivity contribution is 0.204. The van der Waals surface area contributed by atoms with E-state index in [-0.39, 0.29) is 0 Å². The summed E-state index contributed by atoms with van der Waals surface area (Å²) < 4.78 is 13.8. The molecule has 0 radical (unpaired) electrons. The van der Waals surface area contributed by atoms with Gasteiger partial charge in [-0.25, -0.2) is 4.21 Å². The number of unbranched alkanes of at least 4 members (excludes halogenated alkanes) is 2. The summed E-state index contributed by atoms with van der Waals surface area (Å²) in [5, 5.41) is 13.7. The number of hydrogen-bond donors (Lipinski definition) is 1. The van der Waals surface area contributed by atoms with Gasteiger partial charge in [0.15, 0.2) is 0 Å². The van der Waals surface area contributed by atoms with Gasteiger partial charge >= 0.3 is 0 Å². The average molecular weight is 463 g/mol. The average Bonchev–Trinajstić information content (AvgIpc) is 2.83. The highest BCUT2D eigenvalue weighted by molar-refractivity contribution is 7.89. The first-order chi connectivity index (χ1) is 15.5. The molecule has 0 heterocycles. The van der Waals surface area contributed by atoms with E-state index < -0.39 is 25.0 Å². The molecule has 4 heteroatoms. The minimum atomic E-state index is -2.40. The fourth-order valence-corrected chi connectivity index (χ4v) is 9.34. The Labute approximate surface area is 196 Å². The van der Waals surface area contributed by atoms with Gasteiger partial charge in [-0.1, -0.05) is 127 Å². The van der Waals surface area contributed by atoms with Gasteiger partial charge in [0, 0.05) is 9.80 Å². The standard InChI is InChI=1S/C28H34O2SSi/c1-4-5-8-17-27(29)28(31(30)24-20-18-23(2)19-21-24)22-32(3,25-13-9-6-10-14-25)26-15-11-7-12-16-26/h6-7,9-16,18-22,27,29H,4-5,8,17H2,1-3H3/b28-22+/t27-,31?/m0/s1. The van der Waals surface area contributed by atoms with Gasteiger partial charge in [0.1, 0.15) is 8.07 Å². The van der Waals surface area contributed by atoms with Gasteiger partial charge in [0.05, 0.1) is 16.9 Å². The largest absolute Gasteiger partial charge is 0.388 e. The molecule has 0 spiro atoms. The molecule has 0 fully saturated rings. The highest BCUT2D eigenvalue weighted by Gasteiger charge is 2.33. The Morgan fingerprint density at radius 1 is 0.906 bits per heavy atom. The van der Waals surface area contributed by atoms with E-state index in [1.54, 1.807) is 0 Å². The summed E-state index contributed by atoms with van der Waals surface area (Å²) >= 11 is 0.